The Labute approximate surface area is 299 Å². The van der Waals surface area contributed by atoms with Gasteiger partial charge in [0.25, 0.3) is 0 Å². The number of hydrogen-bond acceptors (Lipinski definition) is 0. The first-order valence-electron chi connectivity index (χ1n) is 18.5. The highest BCUT2D eigenvalue weighted by Crippen LogP contribution is 2.59. The molecule has 0 nitrogen and oxygen atoms in total. The fraction of sp³-hybridized carbons (Fsp3) is 0.200. The highest BCUT2D eigenvalue weighted by atomic mass is 14.4. The van der Waals surface area contributed by atoms with Crippen LogP contribution in [-0.2, 0) is 0 Å². The van der Waals surface area contributed by atoms with Crippen molar-refractivity contribution in [2.24, 2.45) is 17.8 Å². The fourth-order valence-electron chi connectivity index (χ4n) is 8.89. The molecule has 4 aliphatic carbocycles. The fourth-order valence-corrected chi connectivity index (χ4v) is 8.89. The number of fused-ring (bicyclic) bond motifs is 4. The lowest BCUT2D eigenvalue weighted by Crippen LogP contribution is -2.14. The largest absolute Gasteiger partial charge is 0.0805 e. The maximum atomic E-state index is 2.51. The Balaban J connectivity index is 1.41. The van der Waals surface area contributed by atoms with Crippen molar-refractivity contribution in [1.29, 1.82) is 0 Å². The van der Waals surface area contributed by atoms with Crippen LogP contribution in [0, 0.1) is 38.5 Å². The molecule has 0 saturated carbocycles. The molecule has 3 unspecified atom stereocenters. The molecule has 0 heterocycles. The molecule has 0 spiro atoms. The van der Waals surface area contributed by atoms with Gasteiger partial charge in [-0.2, -0.15) is 0 Å². The van der Waals surface area contributed by atoms with Gasteiger partial charge in [-0.15, -0.1) is 0 Å². The van der Waals surface area contributed by atoms with Crippen LogP contribution in [0.2, 0.25) is 0 Å². The summed E-state index contributed by atoms with van der Waals surface area (Å²) in [7, 11) is 0. The molecule has 246 valence electrons. The number of benzene rings is 4. The molecule has 4 aliphatic rings. The van der Waals surface area contributed by atoms with Crippen LogP contribution in [0.25, 0.3) is 51.1 Å². The number of aryl methyl sites for hydroxylation is 3. The third-order valence-electron chi connectivity index (χ3n) is 11.1. The summed E-state index contributed by atoms with van der Waals surface area (Å²) in [6.07, 6.45) is 34.1. The lowest BCUT2D eigenvalue weighted by molar-refractivity contribution is 0.641. The molecule has 3 atom stereocenters. The van der Waals surface area contributed by atoms with Crippen LogP contribution in [-0.4, -0.2) is 0 Å². The molecule has 4 aromatic rings. The zero-order valence-electron chi connectivity index (χ0n) is 29.8. The molecule has 0 N–H and O–H groups in total. The molecular formula is C50H46. The second-order valence-electron chi connectivity index (χ2n) is 14.4. The van der Waals surface area contributed by atoms with E-state index in [-0.39, 0.29) is 0 Å². The molecule has 0 aliphatic heterocycles. The summed E-state index contributed by atoms with van der Waals surface area (Å²) >= 11 is 0. The minimum absolute atomic E-state index is 0.343. The van der Waals surface area contributed by atoms with E-state index in [0.29, 0.717) is 17.8 Å². The second kappa shape index (κ2) is 13.6. The first-order valence-corrected chi connectivity index (χ1v) is 18.5. The molecule has 8 rings (SSSR count). The van der Waals surface area contributed by atoms with Gasteiger partial charge in [0.2, 0.25) is 0 Å². The SMILES string of the molecule is CCC1C=Cc2c(c(-c3ccccc3)c3c(c2-c2ccccc2)C2=CC=CC4C=CC=C3C24)C=CCC=CC(c2c(C)cc(C)cc2C)=CC1. The van der Waals surface area contributed by atoms with Crippen LogP contribution in [0.1, 0.15) is 70.7 Å². The molecule has 0 radical (unpaired) electrons. The third-order valence-corrected chi connectivity index (χ3v) is 11.1. The Morgan fingerprint density at radius 1 is 0.600 bits per heavy atom. The molecule has 0 fully saturated rings. The van der Waals surface area contributed by atoms with Crippen molar-refractivity contribution in [1.82, 2.24) is 0 Å². The average molecular weight is 647 g/mol. The zero-order valence-corrected chi connectivity index (χ0v) is 29.8. The van der Waals surface area contributed by atoms with Crippen LogP contribution in [0.3, 0.4) is 0 Å². The highest BCUT2D eigenvalue weighted by molar-refractivity contribution is 6.10. The smallest absolute Gasteiger partial charge is 0.0200 e. The van der Waals surface area contributed by atoms with Gasteiger partial charge in [-0.3, -0.25) is 0 Å². The van der Waals surface area contributed by atoms with Gasteiger partial charge < -0.3 is 0 Å². The van der Waals surface area contributed by atoms with Gasteiger partial charge >= 0.3 is 0 Å². The Morgan fingerprint density at radius 2 is 1.16 bits per heavy atom. The van der Waals surface area contributed by atoms with Crippen molar-refractivity contribution in [3.8, 4) is 22.3 Å². The topological polar surface area (TPSA) is 0 Å². The minimum Gasteiger partial charge on any atom is -0.0805 e. The lowest BCUT2D eigenvalue weighted by Gasteiger charge is -2.26. The van der Waals surface area contributed by atoms with E-state index >= 15 is 0 Å². The van der Waals surface area contributed by atoms with Gasteiger partial charge in [-0.25, -0.2) is 0 Å². The molecule has 0 saturated heterocycles. The summed E-state index contributed by atoms with van der Waals surface area (Å²) in [5.41, 5.74) is 20.3. The molecule has 4 aromatic carbocycles. The van der Waals surface area contributed by atoms with E-state index in [2.05, 4.69) is 179 Å². The molecule has 0 aromatic heterocycles. The van der Waals surface area contributed by atoms with Gasteiger partial charge in [0.1, 0.15) is 0 Å². The van der Waals surface area contributed by atoms with Crippen molar-refractivity contribution in [3.05, 3.63) is 184 Å². The standard InChI is InChI=1S/C50H46/c1-5-36-27-29-40(45-34(3)31-33(2)32-35(45)4)21-13-8-14-24-41-42(30-28-36)48(39-19-11-7-12-20-39)50-44-26-16-23-37-22-15-25-43(46(37)44)49(50)47(41)38-17-9-6-10-18-38/h6-7,9-26,28-32,36-37,46H,5,8,27H2,1-4H3. The van der Waals surface area contributed by atoms with Crippen LogP contribution in [0.4, 0.5) is 0 Å². The molecule has 50 heavy (non-hydrogen) atoms. The first-order chi connectivity index (χ1) is 24.5. The van der Waals surface area contributed by atoms with Gasteiger partial charge in [-0.1, -0.05) is 164 Å². The van der Waals surface area contributed by atoms with E-state index in [1.165, 1.54) is 83.5 Å². The van der Waals surface area contributed by atoms with E-state index in [1.54, 1.807) is 0 Å². The summed E-state index contributed by atoms with van der Waals surface area (Å²) in [4.78, 5) is 0. The summed E-state index contributed by atoms with van der Waals surface area (Å²) in [5.74, 6) is 1.13. The van der Waals surface area contributed by atoms with E-state index in [4.69, 9.17) is 0 Å². The predicted octanol–water partition coefficient (Wildman–Crippen LogP) is 13.6. The van der Waals surface area contributed by atoms with Crippen molar-refractivity contribution >= 4 is 28.9 Å². The summed E-state index contributed by atoms with van der Waals surface area (Å²) in [5, 5.41) is 0. The average Bonchev–Trinajstić information content (AvgIpc) is 3.46. The number of hydrogen-bond donors (Lipinski definition) is 0. The molecule has 0 bridgehead atoms. The number of rotatable bonds is 4. The highest BCUT2D eigenvalue weighted by Gasteiger charge is 2.42. The Morgan fingerprint density at radius 3 is 1.74 bits per heavy atom. The maximum Gasteiger partial charge on any atom is 0.0200 e. The van der Waals surface area contributed by atoms with Crippen LogP contribution in [0.5, 0.6) is 0 Å². The lowest BCUT2D eigenvalue weighted by atomic mass is 9.77. The van der Waals surface area contributed by atoms with Gasteiger partial charge in [0, 0.05) is 11.8 Å². The minimum atomic E-state index is 0.343. The Bertz CT molecular complexity index is 2180. The Hall–Kier alpha value is -5.20. The van der Waals surface area contributed by atoms with E-state index in [1.807, 2.05) is 0 Å². The third kappa shape index (κ3) is 5.67. The quantitative estimate of drug-likeness (QED) is 0.207. The predicted molar refractivity (Wildman–Crippen MR) is 217 cm³/mol. The second-order valence-corrected chi connectivity index (χ2v) is 14.4. The Kier molecular flexibility index (Phi) is 8.71. The number of allylic oxidation sites excluding steroid dienone is 14. The van der Waals surface area contributed by atoms with Crippen LogP contribution >= 0.6 is 0 Å². The first kappa shape index (κ1) is 32.0. The molecular weight excluding hydrogens is 601 g/mol. The van der Waals surface area contributed by atoms with Crippen molar-refractivity contribution < 1.29 is 0 Å². The normalized spacial score (nSPS) is 20.5. The maximum absolute atomic E-state index is 2.51. The van der Waals surface area contributed by atoms with Gasteiger partial charge in [0.15, 0.2) is 0 Å². The van der Waals surface area contributed by atoms with E-state index in [0.717, 1.165) is 19.3 Å². The van der Waals surface area contributed by atoms with Crippen LogP contribution < -0.4 is 0 Å². The van der Waals surface area contributed by atoms with Crippen LogP contribution in [0.15, 0.2) is 140 Å². The van der Waals surface area contributed by atoms with Gasteiger partial charge in [0.05, 0.1) is 0 Å². The summed E-state index contributed by atoms with van der Waals surface area (Å²) in [6.45, 7) is 9.05. The summed E-state index contributed by atoms with van der Waals surface area (Å²) < 4.78 is 0. The van der Waals surface area contributed by atoms with Crippen molar-refractivity contribution in [2.75, 3.05) is 0 Å². The monoisotopic (exact) mass is 646 g/mol. The molecule has 0 amide bonds. The summed E-state index contributed by atoms with van der Waals surface area (Å²) in [6, 6.07) is 26.9. The van der Waals surface area contributed by atoms with Gasteiger partial charge in [-0.05, 0) is 124 Å². The van der Waals surface area contributed by atoms with E-state index in [9.17, 15) is 0 Å². The zero-order chi connectivity index (χ0) is 34.2. The van der Waals surface area contributed by atoms with Crippen molar-refractivity contribution in [3.63, 3.8) is 0 Å². The van der Waals surface area contributed by atoms with Crippen molar-refractivity contribution in [2.45, 2.75) is 47.0 Å². The van der Waals surface area contributed by atoms with E-state index < -0.39 is 0 Å². The molecule has 0 heteroatoms.